The van der Waals surface area contributed by atoms with Crippen LogP contribution in [0, 0.1) is 0 Å². The Labute approximate surface area is 165 Å². The highest BCUT2D eigenvalue weighted by Gasteiger charge is 2.11. The number of benzene rings is 3. The third-order valence-corrected chi connectivity index (χ3v) is 4.44. The van der Waals surface area contributed by atoms with Gasteiger partial charge in [0.1, 0.15) is 0 Å². The number of Topliss-reactive ketones (excluding diaryl/α,β-unsaturated/α-hetero) is 1. The SMILES string of the molecule is CN(Cc1ccccc1)Cc1cccc(C(=O)NCC(=O)c2ccccc2)c1. The van der Waals surface area contributed by atoms with E-state index < -0.39 is 0 Å². The van der Waals surface area contributed by atoms with E-state index in [0.717, 1.165) is 18.7 Å². The molecule has 0 bridgehead atoms. The minimum Gasteiger partial charge on any atom is -0.345 e. The fourth-order valence-corrected chi connectivity index (χ4v) is 3.06. The highest BCUT2D eigenvalue weighted by Crippen LogP contribution is 2.11. The summed E-state index contributed by atoms with van der Waals surface area (Å²) in [6.07, 6.45) is 0. The number of amides is 1. The number of ketones is 1. The number of nitrogens with zero attached hydrogens (tertiary/aromatic N) is 1. The zero-order valence-electron chi connectivity index (χ0n) is 16.0. The Balaban J connectivity index is 1.56. The van der Waals surface area contributed by atoms with Gasteiger partial charge in [0.25, 0.3) is 5.91 Å². The molecule has 3 rings (SSSR count). The summed E-state index contributed by atoms with van der Waals surface area (Å²) in [5.41, 5.74) is 3.46. The molecule has 3 aromatic carbocycles. The number of nitrogens with one attached hydrogen (secondary N) is 1. The summed E-state index contributed by atoms with van der Waals surface area (Å²) in [6, 6.07) is 26.8. The van der Waals surface area contributed by atoms with Crippen LogP contribution in [-0.2, 0) is 13.1 Å². The summed E-state index contributed by atoms with van der Waals surface area (Å²) in [6.45, 7) is 1.56. The highest BCUT2D eigenvalue weighted by atomic mass is 16.2. The van der Waals surface area contributed by atoms with Crippen molar-refractivity contribution in [3.63, 3.8) is 0 Å². The Morgan fingerprint density at radius 1 is 0.750 bits per heavy atom. The molecule has 3 aromatic rings. The van der Waals surface area contributed by atoms with Gasteiger partial charge in [-0.25, -0.2) is 0 Å². The molecule has 0 saturated heterocycles. The van der Waals surface area contributed by atoms with Crippen LogP contribution >= 0.6 is 0 Å². The molecule has 0 aliphatic rings. The summed E-state index contributed by atoms with van der Waals surface area (Å²) >= 11 is 0. The number of rotatable bonds is 8. The first-order valence-electron chi connectivity index (χ1n) is 9.29. The second-order valence-electron chi connectivity index (χ2n) is 6.83. The summed E-state index contributed by atoms with van der Waals surface area (Å²) in [5, 5.41) is 2.72. The summed E-state index contributed by atoms with van der Waals surface area (Å²) < 4.78 is 0. The van der Waals surface area contributed by atoms with Crippen molar-refractivity contribution in [2.75, 3.05) is 13.6 Å². The number of carbonyl (C=O) groups excluding carboxylic acids is 2. The molecule has 28 heavy (non-hydrogen) atoms. The van der Waals surface area contributed by atoms with Crippen molar-refractivity contribution in [3.8, 4) is 0 Å². The van der Waals surface area contributed by atoms with Gasteiger partial charge in [-0.1, -0.05) is 72.8 Å². The molecule has 0 radical (unpaired) electrons. The van der Waals surface area contributed by atoms with Crippen molar-refractivity contribution in [2.24, 2.45) is 0 Å². The molecular formula is C24H24N2O2. The van der Waals surface area contributed by atoms with Gasteiger partial charge in [-0.3, -0.25) is 14.5 Å². The van der Waals surface area contributed by atoms with Gasteiger partial charge < -0.3 is 5.32 Å². The van der Waals surface area contributed by atoms with E-state index in [1.54, 1.807) is 18.2 Å². The second kappa shape index (κ2) is 9.62. The maximum atomic E-state index is 12.4. The monoisotopic (exact) mass is 372 g/mol. The largest absolute Gasteiger partial charge is 0.345 e. The summed E-state index contributed by atoms with van der Waals surface area (Å²) in [7, 11) is 2.05. The van der Waals surface area contributed by atoms with Crippen LogP contribution in [0.3, 0.4) is 0 Å². The van der Waals surface area contributed by atoms with Crippen molar-refractivity contribution in [2.45, 2.75) is 13.1 Å². The molecule has 0 spiro atoms. The summed E-state index contributed by atoms with van der Waals surface area (Å²) in [4.78, 5) is 26.8. The van der Waals surface area contributed by atoms with Crippen LogP contribution in [0.2, 0.25) is 0 Å². The lowest BCUT2D eigenvalue weighted by Crippen LogP contribution is -2.29. The molecule has 0 heterocycles. The van der Waals surface area contributed by atoms with E-state index in [-0.39, 0.29) is 18.2 Å². The Morgan fingerprint density at radius 3 is 2.04 bits per heavy atom. The third kappa shape index (κ3) is 5.63. The fourth-order valence-electron chi connectivity index (χ4n) is 3.06. The lowest BCUT2D eigenvalue weighted by Gasteiger charge is -2.17. The Hall–Kier alpha value is -3.24. The Bertz CT molecular complexity index is 924. The quantitative estimate of drug-likeness (QED) is 0.610. The van der Waals surface area contributed by atoms with Gasteiger partial charge >= 0.3 is 0 Å². The van der Waals surface area contributed by atoms with Crippen molar-refractivity contribution in [1.82, 2.24) is 10.2 Å². The summed E-state index contributed by atoms with van der Waals surface area (Å²) in [5.74, 6) is -0.343. The first kappa shape index (κ1) is 19.5. The predicted molar refractivity (Wildman–Crippen MR) is 111 cm³/mol. The highest BCUT2D eigenvalue weighted by molar-refractivity contribution is 6.02. The molecule has 142 valence electrons. The maximum absolute atomic E-state index is 12.4. The topological polar surface area (TPSA) is 49.4 Å². The van der Waals surface area contributed by atoms with Gasteiger partial charge in [0.15, 0.2) is 5.78 Å². The molecule has 0 aliphatic carbocycles. The molecule has 4 nitrogen and oxygen atoms in total. The van der Waals surface area contributed by atoms with E-state index in [0.29, 0.717) is 11.1 Å². The molecule has 0 atom stereocenters. The van der Waals surface area contributed by atoms with Gasteiger partial charge in [-0.2, -0.15) is 0 Å². The molecule has 0 unspecified atom stereocenters. The molecule has 0 aliphatic heterocycles. The first-order chi connectivity index (χ1) is 13.6. The molecule has 0 saturated carbocycles. The van der Waals surface area contributed by atoms with E-state index in [9.17, 15) is 9.59 Å². The van der Waals surface area contributed by atoms with Crippen LogP contribution in [0.15, 0.2) is 84.9 Å². The Kier molecular flexibility index (Phi) is 6.71. The van der Waals surface area contributed by atoms with Crippen LogP contribution in [-0.4, -0.2) is 30.2 Å². The lowest BCUT2D eigenvalue weighted by atomic mass is 10.1. The Morgan fingerprint density at radius 2 is 1.32 bits per heavy atom. The van der Waals surface area contributed by atoms with E-state index in [2.05, 4.69) is 29.4 Å². The second-order valence-corrected chi connectivity index (χ2v) is 6.83. The lowest BCUT2D eigenvalue weighted by molar-refractivity contribution is 0.0904. The molecule has 4 heteroatoms. The molecule has 0 fully saturated rings. The maximum Gasteiger partial charge on any atom is 0.251 e. The van der Waals surface area contributed by atoms with E-state index in [1.807, 2.05) is 54.6 Å². The van der Waals surface area contributed by atoms with Gasteiger partial charge in [-0.05, 0) is 30.3 Å². The van der Waals surface area contributed by atoms with E-state index in [4.69, 9.17) is 0 Å². The molecular weight excluding hydrogens is 348 g/mol. The molecule has 1 N–H and O–H groups in total. The fraction of sp³-hybridized carbons (Fsp3) is 0.167. The number of hydrogen-bond donors (Lipinski definition) is 1. The van der Waals surface area contributed by atoms with Crippen molar-refractivity contribution in [1.29, 1.82) is 0 Å². The smallest absolute Gasteiger partial charge is 0.251 e. The van der Waals surface area contributed by atoms with Crippen molar-refractivity contribution < 1.29 is 9.59 Å². The number of hydrogen-bond acceptors (Lipinski definition) is 3. The van der Waals surface area contributed by atoms with Crippen molar-refractivity contribution >= 4 is 11.7 Å². The van der Waals surface area contributed by atoms with Crippen LogP contribution in [0.1, 0.15) is 31.8 Å². The van der Waals surface area contributed by atoms with Crippen molar-refractivity contribution in [3.05, 3.63) is 107 Å². The van der Waals surface area contributed by atoms with Crippen LogP contribution < -0.4 is 5.32 Å². The van der Waals surface area contributed by atoms with Gasteiger partial charge in [0.2, 0.25) is 0 Å². The van der Waals surface area contributed by atoms with E-state index >= 15 is 0 Å². The van der Waals surface area contributed by atoms with Crippen LogP contribution in [0.25, 0.3) is 0 Å². The minimum atomic E-state index is -0.239. The standard InChI is InChI=1S/C24H24N2O2/c1-26(17-19-9-4-2-5-10-19)18-20-11-8-14-22(15-20)24(28)25-16-23(27)21-12-6-3-7-13-21/h2-15H,16-18H2,1H3,(H,25,28). The third-order valence-electron chi connectivity index (χ3n) is 4.44. The molecule has 0 aromatic heterocycles. The van der Waals surface area contributed by atoms with Gasteiger partial charge in [0.05, 0.1) is 6.54 Å². The average molecular weight is 372 g/mol. The average Bonchev–Trinajstić information content (AvgIpc) is 2.73. The minimum absolute atomic E-state index is 0.0129. The van der Waals surface area contributed by atoms with Crippen LogP contribution in [0.5, 0.6) is 0 Å². The normalized spacial score (nSPS) is 10.6. The first-order valence-corrected chi connectivity index (χ1v) is 9.29. The van der Waals surface area contributed by atoms with E-state index in [1.165, 1.54) is 5.56 Å². The number of carbonyl (C=O) groups is 2. The van der Waals surface area contributed by atoms with Crippen LogP contribution in [0.4, 0.5) is 0 Å². The van der Waals surface area contributed by atoms with Gasteiger partial charge in [0, 0.05) is 24.2 Å². The zero-order chi connectivity index (χ0) is 19.8. The predicted octanol–water partition coefficient (Wildman–Crippen LogP) is 3.93. The molecule has 1 amide bonds. The van der Waals surface area contributed by atoms with Gasteiger partial charge in [-0.15, -0.1) is 0 Å². The zero-order valence-corrected chi connectivity index (χ0v) is 16.0.